The Labute approximate surface area is 125 Å². The van der Waals surface area contributed by atoms with Gasteiger partial charge in [-0.2, -0.15) is 0 Å². The quantitative estimate of drug-likeness (QED) is 0.376. The van der Waals surface area contributed by atoms with E-state index in [0.29, 0.717) is 6.54 Å². The average molecular weight is 265 g/mol. The number of hydrogen-bond acceptors (Lipinski definition) is 4. The second-order valence-electron chi connectivity index (χ2n) is 3.70. The van der Waals surface area contributed by atoms with Crippen molar-refractivity contribution in [1.82, 2.24) is 0 Å². The Morgan fingerprint density at radius 3 is 2.12 bits per heavy atom. The largest absolute Gasteiger partial charge is 1.00 e. The molecule has 0 amide bonds. The third-order valence-electron chi connectivity index (χ3n) is 2.38. The molecule has 0 fully saturated rings. The van der Waals surface area contributed by atoms with Crippen molar-refractivity contribution in [1.29, 1.82) is 0 Å². The maximum absolute atomic E-state index is 10.7. The van der Waals surface area contributed by atoms with E-state index in [1.807, 2.05) is 0 Å². The molecule has 0 spiro atoms. The van der Waals surface area contributed by atoms with Crippen LogP contribution < -0.4 is 35.3 Å². The number of nitrogens with two attached hydrogens (primary N) is 1. The maximum atomic E-state index is 10.7. The molecule has 17 heavy (non-hydrogen) atoms. The van der Waals surface area contributed by atoms with E-state index in [1.165, 1.54) is 12.1 Å². The Morgan fingerprint density at radius 1 is 1.06 bits per heavy atom. The molecule has 90 valence electrons. The summed E-state index contributed by atoms with van der Waals surface area (Å²) in [6, 6.07) is 6.10. The van der Waals surface area contributed by atoms with Crippen molar-refractivity contribution < 1.29 is 42.5 Å². The van der Waals surface area contributed by atoms with Crippen LogP contribution in [0.25, 0.3) is 0 Å². The van der Waals surface area contributed by atoms with Crippen LogP contribution in [0.5, 0.6) is 0 Å². The molecule has 0 heterocycles. The number of unbranched alkanes of at least 4 members (excludes halogenated alkanes) is 2. The standard InChI is InChI=1S/C11H17NO3S.Na/c12-9-3-1-2-4-10-5-7-11(8-6-10)16(13,14)15;/h5-8H,1-4,9,12H2,(H,13,14,15);/q;+1/p-1. The number of hydrogen-bond donors (Lipinski definition) is 1. The van der Waals surface area contributed by atoms with Gasteiger partial charge in [0.05, 0.1) is 4.90 Å². The fourth-order valence-corrected chi connectivity index (χ4v) is 1.94. The molecule has 1 aromatic carbocycles. The predicted molar refractivity (Wildman–Crippen MR) is 61.0 cm³/mol. The second-order valence-corrected chi connectivity index (χ2v) is 5.08. The molecule has 0 bridgehead atoms. The van der Waals surface area contributed by atoms with Crippen LogP contribution in [-0.4, -0.2) is 19.5 Å². The Kier molecular flexibility index (Phi) is 8.28. The van der Waals surface area contributed by atoms with Crippen molar-refractivity contribution in [2.24, 2.45) is 5.73 Å². The van der Waals surface area contributed by atoms with Crippen molar-refractivity contribution in [3.8, 4) is 0 Å². The van der Waals surface area contributed by atoms with Crippen LogP contribution in [0, 0.1) is 0 Å². The minimum atomic E-state index is -4.32. The van der Waals surface area contributed by atoms with Crippen LogP contribution in [0.3, 0.4) is 0 Å². The summed E-state index contributed by atoms with van der Waals surface area (Å²) in [6.07, 6.45) is 3.99. The van der Waals surface area contributed by atoms with E-state index in [0.717, 1.165) is 31.2 Å². The van der Waals surface area contributed by atoms with E-state index in [-0.39, 0.29) is 34.5 Å². The summed E-state index contributed by atoms with van der Waals surface area (Å²) < 4.78 is 32.0. The third kappa shape index (κ3) is 6.55. The smallest absolute Gasteiger partial charge is 0.744 e. The average Bonchev–Trinajstić information content (AvgIpc) is 2.24. The van der Waals surface area contributed by atoms with Gasteiger partial charge in [0.25, 0.3) is 0 Å². The first-order valence-corrected chi connectivity index (χ1v) is 6.70. The molecular weight excluding hydrogens is 249 g/mol. The summed E-state index contributed by atoms with van der Waals surface area (Å²) >= 11 is 0. The Bertz CT molecular complexity index is 417. The van der Waals surface area contributed by atoms with Gasteiger partial charge in [-0.1, -0.05) is 18.6 Å². The zero-order chi connectivity index (χ0) is 12.0. The molecule has 1 rings (SSSR count). The van der Waals surface area contributed by atoms with Crippen molar-refractivity contribution in [3.05, 3.63) is 29.8 Å². The van der Waals surface area contributed by atoms with Crippen LogP contribution in [0.4, 0.5) is 0 Å². The van der Waals surface area contributed by atoms with Crippen LogP contribution in [0.1, 0.15) is 24.8 Å². The van der Waals surface area contributed by atoms with Crippen molar-refractivity contribution in [2.75, 3.05) is 6.54 Å². The van der Waals surface area contributed by atoms with Crippen LogP contribution in [-0.2, 0) is 16.5 Å². The minimum Gasteiger partial charge on any atom is -0.744 e. The Morgan fingerprint density at radius 2 is 1.65 bits per heavy atom. The van der Waals surface area contributed by atoms with E-state index in [4.69, 9.17) is 5.73 Å². The first-order valence-electron chi connectivity index (χ1n) is 5.29. The fourth-order valence-electron chi connectivity index (χ4n) is 1.47. The summed E-state index contributed by atoms with van der Waals surface area (Å²) in [5, 5.41) is 0. The number of benzene rings is 1. The van der Waals surface area contributed by atoms with Gasteiger partial charge in [0.15, 0.2) is 0 Å². The molecule has 0 atom stereocenters. The van der Waals surface area contributed by atoms with Gasteiger partial charge >= 0.3 is 29.6 Å². The molecule has 6 heteroatoms. The van der Waals surface area contributed by atoms with Gasteiger partial charge in [0.1, 0.15) is 10.1 Å². The van der Waals surface area contributed by atoms with Crippen LogP contribution >= 0.6 is 0 Å². The summed E-state index contributed by atoms with van der Waals surface area (Å²) in [5.74, 6) is 0. The zero-order valence-corrected chi connectivity index (χ0v) is 12.9. The van der Waals surface area contributed by atoms with E-state index < -0.39 is 10.1 Å². The fraction of sp³-hybridized carbons (Fsp3) is 0.455. The number of aryl methyl sites for hydroxylation is 1. The van der Waals surface area contributed by atoms with Crippen molar-refractivity contribution in [2.45, 2.75) is 30.6 Å². The molecule has 0 aromatic heterocycles. The number of rotatable bonds is 6. The van der Waals surface area contributed by atoms with Gasteiger partial charge in [-0.25, -0.2) is 8.42 Å². The molecule has 1 aromatic rings. The molecule has 0 aliphatic rings. The predicted octanol–water partition coefficient (Wildman–Crippen LogP) is -1.73. The molecule has 0 aliphatic heterocycles. The summed E-state index contributed by atoms with van der Waals surface area (Å²) in [7, 11) is -4.32. The molecule has 0 aliphatic carbocycles. The third-order valence-corrected chi connectivity index (χ3v) is 3.23. The Balaban J connectivity index is 0.00000256. The normalized spacial score (nSPS) is 10.9. The monoisotopic (exact) mass is 265 g/mol. The molecule has 0 saturated heterocycles. The first-order chi connectivity index (χ1) is 7.54. The van der Waals surface area contributed by atoms with Gasteiger partial charge in [-0.05, 0) is 43.5 Å². The van der Waals surface area contributed by atoms with E-state index in [9.17, 15) is 13.0 Å². The molecule has 0 unspecified atom stereocenters. The van der Waals surface area contributed by atoms with Gasteiger partial charge in [0.2, 0.25) is 0 Å². The topological polar surface area (TPSA) is 83.2 Å². The van der Waals surface area contributed by atoms with Crippen molar-refractivity contribution >= 4 is 10.1 Å². The van der Waals surface area contributed by atoms with E-state index >= 15 is 0 Å². The van der Waals surface area contributed by atoms with E-state index in [1.54, 1.807) is 12.1 Å². The van der Waals surface area contributed by atoms with E-state index in [2.05, 4.69) is 0 Å². The van der Waals surface area contributed by atoms with Gasteiger partial charge < -0.3 is 10.3 Å². The molecule has 0 radical (unpaired) electrons. The van der Waals surface area contributed by atoms with Crippen LogP contribution in [0.15, 0.2) is 29.2 Å². The van der Waals surface area contributed by atoms with Gasteiger partial charge in [0, 0.05) is 0 Å². The summed E-state index contributed by atoms with van der Waals surface area (Å²) in [5.41, 5.74) is 6.42. The Hall–Kier alpha value is 0.0900. The van der Waals surface area contributed by atoms with Gasteiger partial charge in [-0.15, -0.1) is 0 Å². The summed E-state index contributed by atoms with van der Waals surface area (Å²) in [6.45, 7) is 0.702. The molecule has 4 nitrogen and oxygen atoms in total. The first kappa shape index (κ1) is 17.1. The van der Waals surface area contributed by atoms with Crippen LogP contribution in [0.2, 0.25) is 0 Å². The SMILES string of the molecule is NCCCCCc1ccc(S(=O)(=O)[O-])cc1.[Na+]. The summed E-state index contributed by atoms with van der Waals surface area (Å²) in [4.78, 5) is -0.168. The van der Waals surface area contributed by atoms with Crippen molar-refractivity contribution in [3.63, 3.8) is 0 Å². The second kappa shape index (κ2) is 8.24. The zero-order valence-electron chi connectivity index (χ0n) is 10.1. The minimum absolute atomic E-state index is 0. The maximum Gasteiger partial charge on any atom is 1.00 e. The molecule has 0 saturated carbocycles. The van der Waals surface area contributed by atoms with Gasteiger partial charge in [-0.3, -0.25) is 0 Å². The molecule has 2 N–H and O–H groups in total. The molecular formula is C11H16NNaO3S.